The number of ether oxygens (including phenoxy) is 2. The van der Waals surface area contributed by atoms with Crippen LogP contribution in [0.15, 0.2) is 0 Å². The van der Waals surface area contributed by atoms with Gasteiger partial charge in [-0.2, -0.15) is 8.42 Å². The molecule has 0 aliphatic carbocycles. The average Bonchev–Trinajstić information content (AvgIpc) is 3.01. The van der Waals surface area contributed by atoms with Gasteiger partial charge in [-0.05, 0) is 46.6 Å². The third-order valence-electron chi connectivity index (χ3n) is 5.00. The Bertz CT molecular complexity index is 775. The first-order chi connectivity index (χ1) is 14.8. The number of hydrogen-bond acceptors (Lipinski definition) is 9. The highest BCUT2D eigenvalue weighted by Crippen LogP contribution is 2.16. The quantitative estimate of drug-likeness (QED) is 0.198. The molecule has 13 heteroatoms. The van der Waals surface area contributed by atoms with E-state index in [1.165, 1.54) is 0 Å². The van der Waals surface area contributed by atoms with Crippen molar-refractivity contribution in [3.8, 4) is 0 Å². The first-order valence-electron chi connectivity index (χ1n) is 10.7. The number of cyclic esters (lactones) is 1. The SMILES string of the molecule is CC(C)(C)OC(=O)NC(=N)N1CCN(CCCCC2NC(=O)OC2COS(C)(=O)=O)CC1. The molecule has 0 aromatic carbocycles. The maximum Gasteiger partial charge on any atom is 0.414 e. The number of alkyl carbamates (subject to hydrolysis) is 2. The topological polar surface area (TPSA) is 150 Å². The van der Waals surface area contributed by atoms with Crippen molar-refractivity contribution in [2.75, 3.05) is 45.6 Å². The molecule has 0 saturated carbocycles. The van der Waals surface area contributed by atoms with Crippen LogP contribution in [0.2, 0.25) is 0 Å². The van der Waals surface area contributed by atoms with Gasteiger partial charge in [0.05, 0.1) is 12.3 Å². The lowest BCUT2D eigenvalue weighted by Crippen LogP contribution is -2.53. The Kier molecular flexibility index (Phi) is 9.10. The monoisotopic (exact) mass is 477 g/mol. The van der Waals surface area contributed by atoms with Crippen LogP contribution in [0.5, 0.6) is 0 Å². The fourth-order valence-electron chi connectivity index (χ4n) is 3.47. The molecule has 2 fully saturated rings. The number of nitrogens with one attached hydrogen (secondary N) is 3. The minimum Gasteiger partial charge on any atom is -0.444 e. The van der Waals surface area contributed by atoms with Gasteiger partial charge in [0, 0.05) is 26.2 Å². The maximum atomic E-state index is 11.8. The van der Waals surface area contributed by atoms with Gasteiger partial charge >= 0.3 is 12.2 Å². The zero-order chi connectivity index (χ0) is 23.9. The normalized spacial score (nSPS) is 22.2. The van der Waals surface area contributed by atoms with Crippen molar-refractivity contribution in [1.29, 1.82) is 5.41 Å². The van der Waals surface area contributed by atoms with Crippen molar-refractivity contribution < 1.29 is 31.7 Å². The fourth-order valence-corrected chi connectivity index (χ4v) is 3.85. The molecule has 0 bridgehead atoms. The van der Waals surface area contributed by atoms with E-state index in [0.717, 1.165) is 38.7 Å². The molecule has 32 heavy (non-hydrogen) atoms. The minimum atomic E-state index is -3.59. The van der Waals surface area contributed by atoms with Crippen LogP contribution in [0.3, 0.4) is 0 Å². The van der Waals surface area contributed by atoms with Gasteiger partial charge in [0.25, 0.3) is 10.1 Å². The van der Waals surface area contributed by atoms with Crippen LogP contribution < -0.4 is 10.6 Å². The molecule has 2 aliphatic heterocycles. The van der Waals surface area contributed by atoms with Crippen LogP contribution in [-0.2, 0) is 23.8 Å². The summed E-state index contributed by atoms with van der Waals surface area (Å²) in [4.78, 5) is 27.4. The van der Waals surface area contributed by atoms with Crippen molar-refractivity contribution in [2.45, 2.75) is 57.8 Å². The zero-order valence-electron chi connectivity index (χ0n) is 19.2. The number of hydrogen-bond donors (Lipinski definition) is 3. The van der Waals surface area contributed by atoms with Crippen molar-refractivity contribution in [3.63, 3.8) is 0 Å². The van der Waals surface area contributed by atoms with Crippen LogP contribution in [0.1, 0.15) is 40.0 Å². The Morgan fingerprint density at radius 1 is 1.25 bits per heavy atom. The summed E-state index contributed by atoms with van der Waals surface area (Å²) in [6.45, 7) is 8.79. The smallest absolute Gasteiger partial charge is 0.414 e. The summed E-state index contributed by atoms with van der Waals surface area (Å²) in [6, 6.07) is -0.277. The standard InChI is InChI=1S/C19H35N5O7S/c1-19(2,3)31-18(26)22-16(20)24-11-9-23(10-12-24)8-6-5-7-14-15(30-17(25)21-14)13-29-32(4,27)28/h14-15H,5-13H2,1-4H3,(H,21,25)(H2,20,22,26). The predicted molar refractivity (Wildman–Crippen MR) is 117 cm³/mol. The number of unbranched alkanes of at least 4 members (excludes halogenated alkanes) is 1. The average molecular weight is 478 g/mol. The molecule has 12 nitrogen and oxygen atoms in total. The van der Waals surface area contributed by atoms with E-state index in [2.05, 4.69) is 15.5 Å². The van der Waals surface area contributed by atoms with Crippen LogP contribution in [0.25, 0.3) is 0 Å². The molecule has 184 valence electrons. The summed E-state index contributed by atoms with van der Waals surface area (Å²) < 4.78 is 37.3. The first kappa shape index (κ1) is 26.1. The van der Waals surface area contributed by atoms with Gasteiger partial charge in [-0.3, -0.25) is 19.8 Å². The lowest BCUT2D eigenvalue weighted by molar-refractivity contribution is 0.0552. The molecule has 2 aliphatic rings. The third kappa shape index (κ3) is 9.57. The van der Waals surface area contributed by atoms with Crippen molar-refractivity contribution in [2.24, 2.45) is 0 Å². The molecule has 0 aromatic rings. The number of amides is 2. The number of carbonyl (C=O) groups is 2. The molecular weight excluding hydrogens is 442 g/mol. The van der Waals surface area contributed by atoms with Gasteiger partial charge < -0.3 is 19.7 Å². The number of guanidine groups is 1. The number of rotatable bonds is 8. The minimum absolute atomic E-state index is 0.0400. The van der Waals surface area contributed by atoms with E-state index < -0.39 is 34.0 Å². The molecule has 0 radical (unpaired) electrons. The molecule has 2 heterocycles. The van der Waals surface area contributed by atoms with E-state index in [1.807, 2.05) is 0 Å². The summed E-state index contributed by atoms with van der Waals surface area (Å²) in [5.41, 5.74) is -0.614. The molecule has 2 atom stereocenters. The van der Waals surface area contributed by atoms with E-state index in [9.17, 15) is 18.0 Å². The van der Waals surface area contributed by atoms with Gasteiger partial charge in [-0.15, -0.1) is 0 Å². The second-order valence-electron chi connectivity index (χ2n) is 8.98. The highest BCUT2D eigenvalue weighted by Gasteiger charge is 2.34. The van der Waals surface area contributed by atoms with Gasteiger partial charge in [-0.1, -0.05) is 0 Å². The van der Waals surface area contributed by atoms with Gasteiger partial charge in [0.1, 0.15) is 18.3 Å². The third-order valence-corrected chi connectivity index (χ3v) is 5.57. The maximum absolute atomic E-state index is 11.8. The number of carbonyl (C=O) groups excluding carboxylic acids is 2. The van der Waals surface area contributed by atoms with E-state index in [0.29, 0.717) is 19.5 Å². The Balaban J connectivity index is 1.63. The Labute approximate surface area is 189 Å². The summed E-state index contributed by atoms with van der Waals surface area (Å²) >= 11 is 0. The molecule has 2 amide bonds. The molecule has 3 N–H and O–H groups in total. The lowest BCUT2D eigenvalue weighted by atomic mass is 10.1. The number of nitrogens with zero attached hydrogens (tertiary/aromatic N) is 2. The lowest BCUT2D eigenvalue weighted by Gasteiger charge is -2.36. The predicted octanol–water partition coefficient (Wildman–Crippen LogP) is 0.687. The highest BCUT2D eigenvalue weighted by atomic mass is 32.2. The summed E-state index contributed by atoms with van der Waals surface area (Å²) in [6.07, 6.45) is 1.54. The fraction of sp³-hybridized carbons (Fsp3) is 0.842. The van der Waals surface area contributed by atoms with E-state index in [1.54, 1.807) is 25.7 Å². The second kappa shape index (κ2) is 11.1. The van der Waals surface area contributed by atoms with Crippen molar-refractivity contribution in [1.82, 2.24) is 20.4 Å². The van der Waals surface area contributed by atoms with Crippen molar-refractivity contribution >= 4 is 28.3 Å². The van der Waals surface area contributed by atoms with E-state index >= 15 is 0 Å². The van der Waals surface area contributed by atoms with Crippen LogP contribution in [0, 0.1) is 5.41 Å². The summed E-state index contributed by atoms with van der Waals surface area (Å²) in [5.74, 6) is 0.0400. The summed E-state index contributed by atoms with van der Waals surface area (Å²) in [7, 11) is -3.59. The molecule has 2 saturated heterocycles. The molecule has 2 rings (SSSR count). The second-order valence-corrected chi connectivity index (χ2v) is 10.6. The van der Waals surface area contributed by atoms with Crippen LogP contribution in [0.4, 0.5) is 9.59 Å². The largest absolute Gasteiger partial charge is 0.444 e. The van der Waals surface area contributed by atoms with Crippen LogP contribution in [-0.4, -0.2) is 99.7 Å². The highest BCUT2D eigenvalue weighted by molar-refractivity contribution is 7.85. The van der Waals surface area contributed by atoms with Crippen LogP contribution >= 0.6 is 0 Å². The molecular formula is C19H35N5O7S. The number of piperazine rings is 1. The molecule has 0 spiro atoms. The molecule has 0 aromatic heterocycles. The Hall–Kier alpha value is -2.12. The summed E-state index contributed by atoms with van der Waals surface area (Å²) in [5, 5.41) is 13.2. The van der Waals surface area contributed by atoms with E-state index in [4.69, 9.17) is 19.1 Å². The van der Waals surface area contributed by atoms with Gasteiger partial charge in [0.2, 0.25) is 5.96 Å². The van der Waals surface area contributed by atoms with Crippen molar-refractivity contribution in [3.05, 3.63) is 0 Å². The first-order valence-corrected chi connectivity index (χ1v) is 12.5. The zero-order valence-corrected chi connectivity index (χ0v) is 20.0. The van der Waals surface area contributed by atoms with Gasteiger partial charge in [-0.25, -0.2) is 9.59 Å². The van der Waals surface area contributed by atoms with Gasteiger partial charge in [0.15, 0.2) is 0 Å². The van der Waals surface area contributed by atoms with E-state index in [-0.39, 0.29) is 18.6 Å². The Morgan fingerprint density at radius 2 is 1.91 bits per heavy atom. The Morgan fingerprint density at radius 3 is 2.50 bits per heavy atom. The molecule has 2 unspecified atom stereocenters.